The molecule has 3 aromatic rings. The lowest BCUT2D eigenvalue weighted by Crippen LogP contribution is -2.05. The number of para-hydroxylation sites is 1. The third kappa shape index (κ3) is 2.19. The Morgan fingerprint density at radius 1 is 0.864 bits per heavy atom. The SMILES string of the molecule is Cc1ccc(C2=CCCc3c2ccn3-c2ccccc2)cc1. The molecule has 0 saturated carbocycles. The maximum Gasteiger partial charge on any atom is 0.0452 e. The fraction of sp³-hybridized carbons (Fsp3) is 0.143. The van der Waals surface area contributed by atoms with E-state index in [2.05, 4.69) is 84.4 Å². The number of aryl methyl sites for hydroxylation is 1. The number of rotatable bonds is 2. The van der Waals surface area contributed by atoms with Gasteiger partial charge < -0.3 is 4.57 Å². The van der Waals surface area contributed by atoms with Crippen molar-refractivity contribution in [3.8, 4) is 5.69 Å². The van der Waals surface area contributed by atoms with E-state index in [0.717, 1.165) is 12.8 Å². The van der Waals surface area contributed by atoms with E-state index in [0.29, 0.717) is 0 Å². The van der Waals surface area contributed by atoms with Gasteiger partial charge >= 0.3 is 0 Å². The number of aromatic nitrogens is 1. The Kier molecular flexibility index (Phi) is 3.19. The second kappa shape index (κ2) is 5.34. The van der Waals surface area contributed by atoms with Crippen molar-refractivity contribution in [3.63, 3.8) is 0 Å². The highest BCUT2D eigenvalue weighted by Gasteiger charge is 2.18. The number of allylic oxidation sites excluding steroid dienone is 1. The van der Waals surface area contributed by atoms with Crippen LogP contribution in [0.2, 0.25) is 0 Å². The maximum absolute atomic E-state index is 2.38. The molecule has 2 aromatic carbocycles. The van der Waals surface area contributed by atoms with Crippen LogP contribution in [0.25, 0.3) is 11.3 Å². The highest BCUT2D eigenvalue weighted by Crippen LogP contribution is 2.33. The van der Waals surface area contributed by atoms with Gasteiger partial charge in [-0.15, -0.1) is 0 Å². The average molecular weight is 285 g/mol. The van der Waals surface area contributed by atoms with Gasteiger partial charge in [-0.25, -0.2) is 0 Å². The number of hydrogen-bond donors (Lipinski definition) is 0. The second-order valence-corrected chi connectivity index (χ2v) is 5.90. The highest BCUT2D eigenvalue weighted by atomic mass is 15.0. The summed E-state index contributed by atoms with van der Waals surface area (Å²) in [7, 11) is 0. The molecule has 0 atom stereocenters. The van der Waals surface area contributed by atoms with E-state index in [9.17, 15) is 0 Å². The van der Waals surface area contributed by atoms with Gasteiger partial charge in [-0.1, -0.05) is 54.1 Å². The third-order valence-corrected chi connectivity index (χ3v) is 4.41. The predicted molar refractivity (Wildman–Crippen MR) is 92.3 cm³/mol. The molecular weight excluding hydrogens is 266 g/mol. The van der Waals surface area contributed by atoms with Crippen molar-refractivity contribution in [1.82, 2.24) is 4.57 Å². The zero-order valence-electron chi connectivity index (χ0n) is 12.8. The van der Waals surface area contributed by atoms with Crippen molar-refractivity contribution < 1.29 is 0 Å². The van der Waals surface area contributed by atoms with Gasteiger partial charge in [0.25, 0.3) is 0 Å². The molecule has 0 spiro atoms. The summed E-state index contributed by atoms with van der Waals surface area (Å²) in [4.78, 5) is 0. The molecule has 0 amide bonds. The molecule has 0 unspecified atom stereocenters. The molecule has 1 nitrogen and oxygen atoms in total. The molecule has 1 aromatic heterocycles. The summed E-state index contributed by atoms with van der Waals surface area (Å²) in [6.07, 6.45) is 6.79. The number of hydrogen-bond acceptors (Lipinski definition) is 0. The van der Waals surface area contributed by atoms with Gasteiger partial charge in [0, 0.05) is 23.1 Å². The Morgan fingerprint density at radius 2 is 1.64 bits per heavy atom. The summed E-state index contributed by atoms with van der Waals surface area (Å²) in [5, 5.41) is 0. The van der Waals surface area contributed by atoms with Crippen LogP contribution >= 0.6 is 0 Å². The quantitative estimate of drug-likeness (QED) is 0.612. The molecule has 4 rings (SSSR count). The average Bonchev–Trinajstić information content (AvgIpc) is 3.00. The van der Waals surface area contributed by atoms with Crippen LogP contribution in [-0.4, -0.2) is 4.57 Å². The zero-order chi connectivity index (χ0) is 14.9. The largest absolute Gasteiger partial charge is 0.320 e. The van der Waals surface area contributed by atoms with Crippen LogP contribution in [0.1, 0.15) is 28.8 Å². The molecule has 0 aliphatic heterocycles. The molecule has 22 heavy (non-hydrogen) atoms. The smallest absolute Gasteiger partial charge is 0.0452 e. The molecule has 0 radical (unpaired) electrons. The molecule has 1 aliphatic carbocycles. The first-order chi connectivity index (χ1) is 10.8. The van der Waals surface area contributed by atoms with Crippen molar-refractivity contribution in [2.24, 2.45) is 0 Å². The molecule has 0 fully saturated rings. The first-order valence-corrected chi connectivity index (χ1v) is 7.86. The Morgan fingerprint density at radius 3 is 2.41 bits per heavy atom. The van der Waals surface area contributed by atoms with E-state index in [1.807, 2.05) is 0 Å². The van der Waals surface area contributed by atoms with E-state index >= 15 is 0 Å². The van der Waals surface area contributed by atoms with Crippen molar-refractivity contribution in [1.29, 1.82) is 0 Å². The normalized spacial score (nSPS) is 13.6. The van der Waals surface area contributed by atoms with Crippen molar-refractivity contribution >= 4 is 5.57 Å². The third-order valence-electron chi connectivity index (χ3n) is 4.41. The molecule has 1 heterocycles. The summed E-state index contributed by atoms with van der Waals surface area (Å²) < 4.78 is 2.33. The van der Waals surface area contributed by atoms with Crippen molar-refractivity contribution in [3.05, 3.63) is 95.3 Å². The van der Waals surface area contributed by atoms with Crippen LogP contribution in [0, 0.1) is 6.92 Å². The molecule has 108 valence electrons. The van der Waals surface area contributed by atoms with E-state index in [4.69, 9.17) is 0 Å². The van der Waals surface area contributed by atoms with Gasteiger partial charge in [-0.3, -0.25) is 0 Å². The van der Waals surface area contributed by atoms with Gasteiger partial charge in [0.1, 0.15) is 0 Å². The van der Waals surface area contributed by atoms with Crippen LogP contribution in [0.5, 0.6) is 0 Å². The summed E-state index contributed by atoms with van der Waals surface area (Å²) in [6.45, 7) is 2.14. The van der Waals surface area contributed by atoms with Gasteiger partial charge in [-0.2, -0.15) is 0 Å². The van der Waals surface area contributed by atoms with Crippen LogP contribution in [0.3, 0.4) is 0 Å². The van der Waals surface area contributed by atoms with Crippen molar-refractivity contribution in [2.75, 3.05) is 0 Å². The Balaban J connectivity index is 1.80. The first kappa shape index (κ1) is 13.1. The number of fused-ring (bicyclic) bond motifs is 1. The monoisotopic (exact) mass is 285 g/mol. The Hall–Kier alpha value is -2.54. The summed E-state index contributed by atoms with van der Waals surface area (Å²) in [5.41, 5.74) is 8.03. The zero-order valence-corrected chi connectivity index (χ0v) is 12.8. The van der Waals surface area contributed by atoms with Gasteiger partial charge in [-0.05, 0) is 49.1 Å². The lowest BCUT2D eigenvalue weighted by atomic mass is 9.91. The molecule has 1 heteroatoms. The maximum atomic E-state index is 2.38. The molecule has 0 bridgehead atoms. The lowest BCUT2D eigenvalue weighted by Gasteiger charge is -2.18. The van der Waals surface area contributed by atoms with Crippen LogP contribution < -0.4 is 0 Å². The van der Waals surface area contributed by atoms with Crippen LogP contribution in [0.15, 0.2) is 72.9 Å². The van der Waals surface area contributed by atoms with E-state index in [1.165, 1.54) is 33.6 Å². The minimum atomic E-state index is 1.10. The number of nitrogens with zero attached hydrogens (tertiary/aromatic N) is 1. The highest BCUT2D eigenvalue weighted by molar-refractivity contribution is 5.82. The summed E-state index contributed by atoms with van der Waals surface area (Å²) in [6, 6.07) is 21.7. The Bertz CT molecular complexity index is 820. The van der Waals surface area contributed by atoms with Crippen LogP contribution in [0.4, 0.5) is 0 Å². The van der Waals surface area contributed by atoms with Crippen molar-refractivity contribution in [2.45, 2.75) is 19.8 Å². The summed E-state index contributed by atoms with van der Waals surface area (Å²) >= 11 is 0. The van der Waals surface area contributed by atoms with E-state index in [1.54, 1.807) is 0 Å². The second-order valence-electron chi connectivity index (χ2n) is 5.90. The first-order valence-electron chi connectivity index (χ1n) is 7.86. The molecular formula is C21H19N. The van der Waals surface area contributed by atoms with Gasteiger partial charge in [0.2, 0.25) is 0 Å². The van der Waals surface area contributed by atoms with Crippen LogP contribution in [-0.2, 0) is 6.42 Å². The molecule has 0 saturated heterocycles. The molecule has 1 aliphatic rings. The van der Waals surface area contributed by atoms with Gasteiger partial charge in [0.15, 0.2) is 0 Å². The Labute approximate surface area is 131 Å². The minimum Gasteiger partial charge on any atom is -0.320 e. The lowest BCUT2D eigenvalue weighted by molar-refractivity contribution is 0.871. The number of benzene rings is 2. The predicted octanol–water partition coefficient (Wildman–Crippen LogP) is 5.16. The standard InChI is InChI=1S/C21H19N/c1-16-10-12-17(13-11-16)19-8-5-9-21-20(19)14-15-22(21)18-6-3-2-4-7-18/h2-4,6-8,10-15H,5,9H2,1H3. The van der Waals surface area contributed by atoms with E-state index < -0.39 is 0 Å². The molecule has 0 N–H and O–H groups in total. The fourth-order valence-corrected chi connectivity index (χ4v) is 3.27. The fourth-order valence-electron chi connectivity index (χ4n) is 3.27. The topological polar surface area (TPSA) is 4.93 Å². The van der Waals surface area contributed by atoms with E-state index in [-0.39, 0.29) is 0 Å². The minimum absolute atomic E-state index is 1.10. The van der Waals surface area contributed by atoms with Gasteiger partial charge in [0.05, 0.1) is 0 Å². The summed E-state index contributed by atoms with van der Waals surface area (Å²) in [5.74, 6) is 0.